The molecular formula is C8H12O4. The van der Waals surface area contributed by atoms with Gasteiger partial charge in [-0.2, -0.15) is 0 Å². The second-order valence-electron chi connectivity index (χ2n) is 3.45. The maximum Gasteiger partial charge on any atom is 0.371 e. The van der Waals surface area contributed by atoms with Crippen molar-refractivity contribution < 1.29 is 19.8 Å². The standard InChI is InChI=1S/C8H12O4/c1-8(2,3)6(10)4-5(9)7(11)12/h4,9H,1-3H3,(H,11,12). The number of aliphatic hydroxyl groups excluding tert-OH is 1. The maximum atomic E-state index is 11.1. The molecule has 0 fully saturated rings. The quantitative estimate of drug-likeness (QED) is 0.483. The molecular weight excluding hydrogens is 160 g/mol. The van der Waals surface area contributed by atoms with Crippen LogP contribution in [0.3, 0.4) is 0 Å². The van der Waals surface area contributed by atoms with Gasteiger partial charge in [-0.3, -0.25) is 4.79 Å². The lowest BCUT2D eigenvalue weighted by Crippen LogP contribution is -2.19. The van der Waals surface area contributed by atoms with E-state index < -0.39 is 22.9 Å². The van der Waals surface area contributed by atoms with E-state index in [1.807, 2.05) is 0 Å². The summed E-state index contributed by atoms with van der Waals surface area (Å²) >= 11 is 0. The summed E-state index contributed by atoms with van der Waals surface area (Å²) in [5, 5.41) is 16.9. The highest BCUT2D eigenvalue weighted by Crippen LogP contribution is 2.15. The number of carbonyl (C=O) groups is 2. The molecule has 68 valence electrons. The summed E-state index contributed by atoms with van der Waals surface area (Å²) in [6.07, 6.45) is 0.725. The summed E-state index contributed by atoms with van der Waals surface area (Å²) in [5.74, 6) is -2.83. The Bertz CT molecular complexity index is 232. The third-order valence-electron chi connectivity index (χ3n) is 1.23. The fourth-order valence-electron chi connectivity index (χ4n) is 0.402. The minimum Gasteiger partial charge on any atom is -0.502 e. The van der Waals surface area contributed by atoms with Crippen LogP contribution in [0.4, 0.5) is 0 Å². The van der Waals surface area contributed by atoms with Gasteiger partial charge in [-0.05, 0) is 0 Å². The van der Waals surface area contributed by atoms with E-state index in [1.54, 1.807) is 20.8 Å². The van der Waals surface area contributed by atoms with Crippen molar-refractivity contribution >= 4 is 11.8 Å². The summed E-state index contributed by atoms with van der Waals surface area (Å²) in [6.45, 7) is 4.92. The Hall–Kier alpha value is -1.32. The van der Waals surface area contributed by atoms with Crippen molar-refractivity contribution in [2.45, 2.75) is 20.8 Å². The van der Waals surface area contributed by atoms with Crippen molar-refractivity contribution in [3.8, 4) is 0 Å². The number of aliphatic carboxylic acids is 1. The fourth-order valence-corrected chi connectivity index (χ4v) is 0.402. The van der Waals surface area contributed by atoms with Gasteiger partial charge in [0.15, 0.2) is 5.78 Å². The van der Waals surface area contributed by atoms with Crippen LogP contribution in [-0.4, -0.2) is 22.0 Å². The van der Waals surface area contributed by atoms with E-state index >= 15 is 0 Å². The van der Waals surface area contributed by atoms with Crippen LogP contribution in [0.5, 0.6) is 0 Å². The first-order valence-corrected chi connectivity index (χ1v) is 3.43. The number of carbonyl (C=O) groups excluding carboxylic acids is 1. The Morgan fingerprint density at radius 1 is 1.17 bits per heavy atom. The highest BCUT2D eigenvalue weighted by atomic mass is 16.4. The van der Waals surface area contributed by atoms with Crippen LogP contribution in [-0.2, 0) is 9.59 Å². The Morgan fingerprint density at radius 2 is 1.58 bits per heavy atom. The van der Waals surface area contributed by atoms with Gasteiger partial charge in [-0.15, -0.1) is 0 Å². The van der Waals surface area contributed by atoms with Gasteiger partial charge in [0.1, 0.15) is 0 Å². The molecule has 0 saturated heterocycles. The number of aliphatic hydroxyl groups is 1. The molecule has 0 aromatic carbocycles. The van der Waals surface area contributed by atoms with Gasteiger partial charge in [-0.1, -0.05) is 20.8 Å². The minimum atomic E-state index is -1.49. The van der Waals surface area contributed by atoms with Gasteiger partial charge < -0.3 is 10.2 Å². The van der Waals surface area contributed by atoms with Crippen molar-refractivity contribution in [3.05, 3.63) is 11.8 Å². The monoisotopic (exact) mass is 172 g/mol. The third kappa shape index (κ3) is 3.18. The van der Waals surface area contributed by atoms with Crippen molar-refractivity contribution in [1.82, 2.24) is 0 Å². The number of ketones is 1. The number of carboxylic acids is 1. The molecule has 0 rings (SSSR count). The molecule has 0 spiro atoms. The molecule has 0 unspecified atom stereocenters. The molecule has 0 aromatic rings. The second kappa shape index (κ2) is 3.38. The topological polar surface area (TPSA) is 74.6 Å². The first kappa shape index (κ1) is 10.7. The van der Waals surface area contributed by atoms with Crippen LogP contribution in [0.1, 0.15) is 20.8 Å². The van der Waals surface area contributed by atoms with Gasteiger partial charge in [0, 0.05) is 11.5 Å². The molecule has 0 aliphatic rings. The second-order valence-corrected chi connectivity index (χ2v) is 3.45. The Labute approximate surface area is 70.5 Å². The zero-order valence-corrected chi connectivity index (χ0v) is 7.29. The number of hydrogen-bond acceptors (Lipinski definition) is 3. The summed E-state index contributed by atoms with van der Waals surface area (Å²) in [7, 11) is 0. The molecule has 0 heterocycles. The average Bonchev–Trinajstić information content (AvgIpc) is 1.85. The molecule has 2 N–H and O–H groups in total. The predicted molar refractivity (Wildman–Crippen MR) is 42.8 cm³/mol. The van der Waals surface area contributed by atoms with Crippen LogP contribution in [0.2, 0.25) is 0 Å². The number of rotatable bonds is 2. The third-order valence-corrected chi connectivity index (χ3v) is 1.23. The van der Waals surface area contributed by atoms with Crippen LogP contribution >= 0.6 is 0 Å². The van der Waals surface area contributed by atoms with Crippen LogP contribution < -0.4 is 0 Å². The van der Waals surface area contributed by atoms with E-state index in [1.165, 1.54) is 0 Å². The van der Waals surface area contributed by atoms with Crippen LogP contribution in [0.25, 0.3) is 0 Å². The molecule has 0 bridgehead atoms. The maximum absolute atomic E-state index is 11.1. The normalized spacial score (nSPS) is 12.8. The molecule has 0 saturated carbocycles. The van der Waals surface area contributed by atoms with Gasteiger partial charge in [0.25, 0.3) is 0 Å². The number of allylic oxidation sites excluding steroid dienone is 1. The first-order chi connectivity index (χ1) is 5.25. The lowest BCUT2D eigenvalue weighted by molar-refractivity contribution is -0.136. The van der Waals surface area contributed by atoms with Crippen molar-refractivity contribution in [2.75, 3.05) is 0 Å². The summed E-state index contributed by atoms with van der Waals surface area (Å²) in [4.78, 5) is 21.2. The Kier molecular flexibility index (Phi) is 3.01. The Morgan fingerprint density at radius 3 is 1.83 bits per heavy atom. The molecule has 0 aliphatic heterocycles. The van der Waals surface area contributed by atoms with E-state index in [-0.39, 0.29) is 0 Å². The fraction of sp³-hybridized carbons (Fsp3) is 0.500. The van der Waals surface area contributed by atoms with Gasteiger partial charge in [0.2, 0.25) is 5.76 Å². The lowest BCUT2D eigenvalue weighted by atomic mass is 9.90. The summed E-state index contributed by atoms with van der Waals surface area (Å²) in [6, 6.07) is 0. The molecule has 0 atom stereocenters. The number of carboxylic acid groups (broad SMARTS) is 1. The zero-order chi connectivity index (χ0) is 9.94. The highest BCUT2D eigenvalue weighted by molar-refractivity contribution is 5.99. The first-order valence-electron chi connectivity index (χ1n) is 3.43. The molecule has 0 aliphatic carbocycles. The Balaban J connectivity index is 4.57. The van der Waals surface area contributed by atoms with E-state index in [9.17, 15) is 9.59 Å². The van der Waals surface area contributed by atoms with Crippen LogP contribution in [0.15, 0.2) is 11.8 Å². The minimum absolute atomic E-state index is 0.414. The van der Waals surface area contributed by atoms with Crippen LogP contribution in [0, 0.1) is 5.41 Å². The van der Waals surface area contributed by atoms with Crippen molar-refractivity contribution in [1.29, 1.82) is 0 Å². The van der Waals surface area contributed by atoms with Gasteiger partial charge >= 0.3 is 5.97 Å². The lowest BCUT2D eigenvalue weighted by Gasteiger charge is -2.12. The van der Waals surface area contributed by atoms with E-state index in [2.05, 4.69) is 0 Å². The molecule has 0 radical (unpaired) electrons. The summed E-state index contributed by atoms with van der Waals surface area (Å²) in [5.41, 5.74) is -0.663. The highest BCUT2D eigenvalue weighted by Gasteiger charge is 2.20. The van der Waals surface area contributed by atoms with E-state index in [0.717, 1.165) is 6.08 Å². The SMILES string of the molecule is CC(C)(C)C(=O)C=C(O)C(=O)O. The molecule has 0 aromatic heterocycles. The molecule has 12 heavy (non-hydrogen) atoms. The van der Waals surface area contributed by atoms with E-state index in [4.69, 9.17) is 10.2 Å². The van der Waals surface area contributed by atoms with E-state index in [0.29, 0.717) is 0 Å². The van der Waals surface area contributed by atoms with Crippen molar-refractivity contribution in [3.63, 3.8) is 0 Å². The van der Waals surface area contributed by atoms with Gasteiger partial charge in [0.05, 0.1) is 0 Å². The molecule has 4 heteroatoms. The molecule has 0 amide bonds. The smallest absolute Gasteiger partial charge is 0.371 e. The number of hydrogen-bond donors (Lipinski definition) is 2. The van der Waals surface area contributed by atoms with Gasteiger partial charge in [-0.25, -0.2) is 4.79 Å². The predicted octanol–water partition coefficient (Wildman–Crippen LogP) is 1.13. The zero-order valence-electron chi connectivity index (χ0n) is 7.29. The molecule has 4 nitrogen and oxygen atoms in total. The van der Waals surface area contributed by atoms with Crippen molar-refractivity contribution in [2.24, 2.45) is 5.41 Å². The largest absolute Gasteiger partial charge is 0.502 e. The average molecular weight is 172 g/mol. The summed E-state index contributed by atoms with van der Waals surface area (Å²) < 4.78 is 0.